The van der Waals surface area contributed by atoms with Gasteiger partial charge in [-0.3, -0.25) is 9.59 Å². The van der Waals surface area contributed by atoms with E-state index in [2.05, 4.69) is 17.2 Å². The molecule has 3 N–H and O–H groups in total. The molecule has 0 aromatic heterocycles. The summed E-state index contributed by atoms with van der Waals surface area (Å²) in [7, 11) is 0. The Labute approximate surface area is 203 Å². The maximum Gasteiger partial charge on any atom is 0.407 e. The first-order valence-corrected chi connectivity index (χ1v) is 11.2. The van der Waals surface area contributed by atoms with E-state index in [4.69, 9.17) is 9.47 Å². The summed E-state index contributed by atoms with van der Waals surface area (Å²) in [5.74, 6) is -3.49. The molecule has 35 heavy (non-hydrogen) atoms. The zero-order valence-corrected chi connectivity index (χ0v) is 19.4. The molecule has 1 unspecified atom stereocenters. The van der Waals surface area contributed by atoms with Crippen molar-refractivity contribution >= 4 is 23.9 Å². The first kappa shape index (κ1) is 25.5. The van der Waals surface area contributed by atoms with Crippen LogP contribution < -0.4 is 10.6 Å². The Kier molecular flexibility index (Phi) is 8.61. The van der Waals surface area contributed by atoms with Gasteiger partial charge in [-0.15, -0.1) is 0 Å². The number of carboxylic acid groups (broad SMARTS) is 1. The molecule has 2 atom stereocenters. The number of nitrogens with one attached hydrogen (secondary N) is 2. The number of ether oxygens (including phenoxy) is 2. The van der Waals surface area contributed by atoms with Crippen molar-refractivity contribution in [3.8, 4) is 11.1 Å². The van der Waals surface area contributed by atoms with Crippen molar-refractivity contribution in [2.45, 2.75) is 25.3 Å². The van der Waals surface area contributed by atoms with Crippen molar-refractivity contribution in [2.24, 2.45) is 5.92 Å². The molecule has 9 heteroatoms. The highest BCUT2D eigenvalue weighted by atomic mass is 16.5. The van der Waals surface area contributed by atoms with Crippen LogP contribution in [0.1, 0.15) is 30.4 Å². The van der Waals surface area contributed by atoms with Crippen molar-refractivity contribution in [3.63, 3.8) is 0 Å². The molecule has 1 aliphatic carbocycles. The number of carboxylic acids is 1. The molecule has 2 aromatic carbocycles. The second kappa shape index (κ2) is 11.8. The van der Waals surface area contributed by atoms with Gasteiger partial charge in [-0.25, -0.2) is 9.59 Å². The number of esters is 1. The topological polar surface area (TPSA) is 131 Å². The zero-order valence-electron chi connectivity index (χ0n) is 19.4. The number of amides is 2. The Morgan fingerprint density at radius 1 is 1.03 bits per heavy atom. The van der Waals surface area contributed by atoms with Crippen LogP contribution in [-0.2, 0) is 23.9 Å². The van der Waals surface area contributed by atoms with Crippen LogP contribution in [0.15, 0.2) is 61.2 Å². The lowest BCUT2D eigenvalue weighted by molar-refractivity contribution is -0.146. The molecule has 2 aromatic rings. The van der Waals surface area contributed by atoms with Gasteiger partial charge < -0.3 is 25.2 Å². The minimum Gasteiger partial charge on any atom is -0.480 e. The first-order valence-electron chi connectivity index (χ1n) is 11.2. The largest absolute Gasteiger partial charge is 0.480 e. The Balaban J connectivity index is 1.49. The first-order chi connectivity index (χ1) is 16.8. The normalized spacial score (nSPS) is 13.5. The van der Waals surface area contributed by atoms with Gasteiger partial charge in [0.2, 0.25) is 5.91 Å². The van der Waals surface area contributed by atoms with E-state index < -0.39 is 42.4 Å². The summed E-state index contributed by atoms with van der Waals surface area (Å²) < 4.78 is 10.2. The van der Waals surface area contributed by atoms with Gasteiger partial charge in [0.25, 0.3) is 0 Å². The van der Waals surface area contributed by atoms with Crippen LogP contribution in [0.5, 0.6) is 0 Å². The van der Waals surface area contributed by atoms with Gasteiger partial charge in [-0.1, -0.05) is 68.1 Å². The van der Waals surface area contributed by atoms with E-state index in [9.17, 15) is 24.3 Å². The van der Waals surface area contributed by atoms with Crippen molar-refractivity contribution in [3.05, 3.63) is 72.3 Å². The SMILES string of the molecule is C=CCOC(=O)CC(C)[C@H](NC(=O)CNC(=O)OCC1c2ccccc2-c2ccccc21)C(=O)O. The molecule has 0 saturated heterocycles. The molecule has 0 radical (unpaired) electrons. The van der Waals surface area contributed by atoms with Gasteiger partial charge in [0.15, 0.2) is 0 Å². The minimum absolute atomic E-state index is 0.0136. The summed E-state index contributed by atoms with van der Waals surface area (Å²) in [4.78, 5) is 47.8. The molecule has 0 aliphatic heterocycles. The highest BCUT2D eigenvalue weighted by Gasteiger charge is 2.30. The average Bonchev–Trinajstić information content (AvgIpc) is 3.16. The van der Waals surface area contributed by atoms with Crippen molar-refractivity contribution in [2.75, 3.05) is 19.8 Å². The fourth-order valence-electron chi connectivity index (χ4n) is 4.07. The number of fused-ring (bicyclic) bond motifs is 3. The highest BCUT2D eigenvalue weighted by Crippen LogP contribution is 2.44. The van der Waals surface area contributed by atoms with E-state index in [-0.39, 0.29) is 25.6 Å². The smallest absolute Gasteiger partial charge is 0.407 e. The summed E-state index contributed by atoms with van der Waals surface area (Å²) >= 11 is 0. The van der Waals surface area contributed by atoms with Crippen LogP contribution in [-0.4, -0.2) is 54.8 Å². The number of alkyl carbamates (subject to hydrolysis) is 1. The molecule has 0 spiro atoms. The molecule has 2 amide bonds. The Morgan fingerprint density at radius 3 is 2.20 bits per heavy atom. The molecule has 184 valence electrons. The average molecular weight is 481 g/mol. The van der Waals surface area contributed by atoms with Crippen molar-refractivity contribution in [1.82, 2.24) is 10.6 Å². The Bertz CT molecular complexity index is 1070. The number of hydrogen-bond acceptors (Lipinski definition) is 6. The fourth-order valence-corrected chi connectivity index (χ4v) is 4.07. The van der Waals surface area contributed by atoms with Gasteiger partial charge >= 0.3 is 18.0 Å². The summed E-state index contributed by atoms with van der Waals surface area (Å²) in [6.07, 6.45) is 0.397. The third-order valence-corrected chi connectivity index (χ3v) is 5.74. The predicted molar refractivity (Wildman–Crippen MR) is 128 cm³/mol. The molecule has 1 aliphatic rings. The van der Waals surface area contributed by atoms with E-state index in [0.717, 1.165) is 22.3 Å². The molecule has 0 heterocycles. The maximum atomic E-state index is 12.2. The Morgan fingerprint density at radius 2 is 1.63 bits per heavy atom. The lowest BCUT2D eigenvalue weighted by Crippen LogP contribution is -2.49. The van der Waals surface area contributed by atoms with E-state index in [1.165, 1.54) is 13.0 Å². The number of aliphatic carboxylic acids is 1. The lowest BCUT2D eigenvalue weighted by Gasteiger charge is -2.21. The van der Waals surface area contributed by atoms with Crippen LogP contribution in [0.2, 0.25) is 0 Å². The predicted octanol–water partition coefficient (Wildman–Crippen LogP) is 2.85. The number of rotatable bonds is 11. The van der Waals surface area contributed by atoms with Gasteiger partial charge in [-0.05, 0) is 28.2 Å². The number of hydrogen-bond donors (Lipinski definition) is 3. The van der Waals surface area contributed by atoms with Crippen LogP contribution in [0, 0.1) is 5.92 Å². The Hall–Kier alpha value is -4.14. The highest BCUT2D eigenvalue weighted by molar-refractivity contribution is 5.87. The number of carbonyl (C=O) groups excluding carboxylic acids is 3. The molecular formula is C26H28N2O7. The van der Waals surface area contributed by atoms with Crippen LogP contribution in [0.25, 0.3) is 11.1 Å². The summed E-state index contributed by atoms with van der Waals surface area (Å²) in [6, 6.07) is 14.5. The maximum absolute atomic E-state index is 12.2. The van der Waals surface area contributed by atoms with E-state index in [1.54, 1.807) is 0 Å². The molecule has 0 fully saturated rings. The van der Waals surface area contributed by atoms with E-state index in [1.807, 2.05) is 48.5 Å². The van der Waals surface area contributed by atoms with E-state index in [0.29, 0.717) is 0 Å². The fraction of sp³-hybridized carbons (Fsp3) is 0.308. The summed E-state index contributed by atoms with van der Waals surface area (Å²) in [5.41, 5.74) is 4.31. The lowest BCUT2D eigenvalue weighted by atomic mass is 9.98. The molecule has 3 rings (SSSR count). The van der Waals surface area contributed by atoms with E-state index >= 15 is 0 Å². The third kappa shape index (κ3) is 6.47. The van der Waals surface area contributed by atoms with Gasteiger partial charge in [0.1, 0.15) is 25.8 Å². The standard InChI is InChI=1S/C26H28N2O7/c1-3-12-34-23(30)13-16(2)24(25(31)32)28-22(29)14-27-26(33)35-15-21-19-10-6-4-8-17(19)18-9-5-7-11-20(18)21/h3-11,16,21,24H,1,12-15H2,2H3,(H,27,33)(H,28,29)(H,31,32)/t16?,24-/m0/s1. The second-order valence-corrected chi connectivity index (χ2v) is 8.22. The monoisotopic (exact) mass is 480 g/mol. The summed E-state index contributed by atoms with van der Waals surface area (Å²) in [5, 5.41) is 14.1. The quantitative estimate of drug-likeness (QED) is 0.333. The number of benzene rings is 2. The van der Waals surface area contributed by atoms with Crippen LogP contribution >= 0.6 is 0 Å². The van der Waals surface area contributed by atoms with Crippen LogP contribution in [0.4, 0.5) is 4.79 Å². The van der Waals surface area contributed by atoms with Crippen LogP contribution in [0.3, 0.4) is 0 Å². The van der Waals surface area contributed by atoms with Gasteiger partial charge in [-0.2, -0.15) is 0 Å². The molecule has 0 bridgehead atoms. The van der Waals surface area contributed by atoms with Gasteiger partial charge in [0, 0.05) is 5.92 Å². The third-order valence-electron chi connectivity index (χ3n) is 5.74. The zero-order chi connectivity index (χ0) is 25.4. The molecule has 9 nitrogen and oxygen atoms in total. The number of carbonyl (C=O) groups is 4. The molecule has 0 saturated carbocycles. The van der Waals surface area contributed by atoms with Crippen molar-refractivity contribution in [1.29, 1.82) is 0 Å². The molecular weight excluding hydrogens is 452 g/mol. The second-order valence-electron chi connectivity index (χ2n) is 8.22. The van der Waals surface area contributed by atoms with Crippen molar-refractivity contribution < 1.29 is 33.8 Å². The van der Waals surface area contributed by atoms with Gasteiger partial charge in [0.05, 0.1) is 6.42 Å². The minimum atomic E-state index is -1.33. The summed E-state index contributed by atoms with van der Waals surface area (Å²) in [6.45, 7) is 4.56.